The first kappa shape index (κ1) is 29.1. The molecule has 4 aromatic rings. The summed E-state index contributed by atoms with van der Waals surface area (Å²) >= 11 is 0. The van der Waals surface area contributed by atoms with E-state index in [0.29, 0.717) is 0 Å². The number of pyridine rings is 1. The van der Waals surface area contributed by atoms with Crippen LogP contribution in [0.1, 0.15) is 96.5 Å². The average molecular weight is 579 g/mol. The first-order valence-electron chi connectivity index (χ1n) is 16.0. The number of hydrogen-bond acceptors (Lipinski definition) is 4. The molecule has 2 aliphatic carbocycles. The van der Waals surface area contributed by atoms with Crippen LogP contribution in [0.25, 0.3) is 11.0 Å². The number of hydrogen-bond donors (Lipinski definition) is 1. The van der Waals surface area contributed by atoms with E-state index in [1.54, 1.807) is 6.07 Å². The van der Waals surface area contributed by atoms with Gasteiger partial charge in [0.2, 0.25) is 5.91 Å². The Hall–Kier alpha value is -4.00. The van der Waals surface area contributed by atoms with Crippen molar-refractivity contribution in [3.63, 3.8) is 0 Å². The summed E-state index contributed by atoms with van der Waals surface area (Å²) in [4.78, 5) is 29.6. The molecule has 1 atom stereocenters. The monoisotopic (exact) mass is 578 g/mol. The molecule has 0 bridgehead atoms. The molecule has 1 N–H and O–H groups in total. The Morgan fingerprint density at radius 1 is 0.977 bits per heavy atom. The number of non-ortho nitro benzene ring substituents is 1. The second kappa shape index (κ2) is 12.7. The van der Waals surface area contributed by atoms with Crippen molar-refractivity contribution in [1.82, 2.24) is 14.9 Å². The fourth-order valence-electron chi connectivity index (χ4n) is 7.51. The van der Waals surface area contributed by atoms with Gasteiger partial charge >= 0.3 is 0 Å². The number of fused-ring (bicyclic) bond motifs is 3. The molecule has 0 radical (unpaired) electrons. The summed E-state index contributed by atoms with van der Waals surface area (Å²) in [6.07, 6.45) is 11.5. The van der Waals surface area contributed by atoms with Gasteiger partial charge in [0.25, 0.3) is 5.69 Å². The molecule has 0 spiro atoms. The Morgan fingerprint density at radius 2 is 1.72 bits per heavy atom. The zero-order chi connectivity index (χ0) is 29.9. The van der Waals surface area contributed by atoms with Crippen LogP contribution in [0.15, 0.2) is 54.6 Å². The van der Waals surface area contributed by atoms with Crippen molar-refractivity contribution >= 4 is 22.6 Å². The van der Waals surface area contributed by atoms with Gasteiger partial charge in [0.15, 0.2) is 0 Å². The highest BCUT2D eigenvalue weighted by atomic mass is 16.6. The summed E-state index contributed by atoms with van der Waals surface area (Å²) in [5, 5.41) is 15.7. The van der Waals surface area contributed by atoms with E-state index in [2.05, 4.69) is 54.1 Å². The lowest BCUT2D eigenvalue weighted by atomic mass is 9.80. The molecule has 224 valence electrons. The maximum Gasteiger partial charge on any atom is 0.269 e. The van der Waals surface area contributed by atoms with Gasteiger partial charge in [0.05, 0.1) is 10.8 Å². The molecule has 2 aliphatic rings. The maximum absolute atomic E-state index is 13.8. The smallest absolute Gasteiger partial charge is 0.269 e. The number of nitro benzene ring substituents is 1. The third-order valence-electron chi connectivity index (χ3n) is 9.57. The zero-order valence-electron chi connectivity index (χ0n) is 25.4. The lowest BCUT2D eigenvalue weighted by Crippen LogP contribution is -2.33. The molecule has 1 amide bonds. The van der Waals surface area contributed by atoms with Gasteiger partial charge in [-0.1, -0.05) is 62.1 Å². The molecule has 1 unspecified atom stereocenters. The van der Waals surface area contributed by atoms with Crippen LogP contribution in [0.3, 0.4) is 0 Å². The lowest BCUT2D eigenvalue weighted by molar-refractivity contribution is -0.384. The van der Waals surface area contributed by atoms with Crippen molar-refractivity contribution in [3.8, 4) is 0 Å². The van der Waals surface area contributed by atoms with E-state index in [4.69, 9.17) is 4.98 Å². The van der Waals surface area contributed by atoms with Gasteiger partial charge in [0.1, 0.15) is 5.65 Å². The fourth-order valence-corrected chi connectivity index (χ4v) is 7.51. The minimum absolute atomic E-state index is 0.00628. The number of nitrogens with one attached hydrogen (secondary N) is 1. The molecule has 43 heavy (non-hydrogen) atoms. The number of carbonyl (C=O) groups excluding carboxylic acids is 1. The van der Waals surface area contributed by atoms with Crippen molar-refractivity contribution in [2.75, 3.05) is 0 Å². The van der Waals surface area contributed by atoms with Crippen molar-refractivity contribution in [1.29, 1.82) is 0 Å². The molecule has 7 heteroatoms. The van der Waals surface area contributed by atoms with Gasteiger partial charge < -0.3 is 9.88 Å². The number of benzene rings is 2. The first-order chi connectivity index (χ1) is 20.9. The molecular formula is C36H42N4O3. The highest BCUT2D eigenvalue weighted by molar-refractivity contribution is 5.86. The van der Waals surface area contributed by atoms with Gasteiger partial charge in [-0.3, -0.25) is 14.9 Å². The number of aryl methyl sites for hydroxylation is 3. The van der Waals surface area contributed by atoms with E-state index in [9.17, 15) is 14.9 Å². The number of nitro groups is 1. The van der Waals surface area contributed by atoms with Gasteiger partial charge in [-0.15, -0.1) is 0 Å². The molecule has 7 nitrogen and oxygen atoms in total. The number of carbonyl (C=O) groups is 1. The van der Waals surface area contributed by atoms with Crippen LogP contribution in [-0.2, 0) is 30.7 Å². The molecule has 0 saturated heterocycles. The van der Waals surface area contributed by atoms with Crippen LogP contribution in [0, 0.1) is 29.9 Å². The normalized spacial score (nSPS) is 16.4. The van der Waals surface area contributed by atoms with Crippen LogP contribution in [0.4, 0.5) is 5.69 Å². The molecule has 2 aromatic heterocycles. The second-order valence-electron chi connectivity index (χ2n) is 12.6. The van der Waals surface area contributed by atoms with E-state index in [0.717, 1.165) is 67.5 Å². The van der Waals surface area contributed by atoms with Crippen molar-refractivity contribution in [3.05, 3.63) is 104 Å². The Morgan fingerprint density at radius 3 is 2.47 bits per heavy atom. The average Bonchev–Trinajstić information content (AvgIpc) is 3.13. The predicted octanol–water partition coefficient (Wildman–Crippen LogP) is 7.86. The number of rotatable bonds is 8. The first-order valence-corrected chi connectivity index (χ1v) is 16.0. The minimum atomic E-state index is -0.397. The van der Waals surface area contributed by atoms with Gasteiger partial charge in [0, 0.05) is 42.0 Å². The summed E-state index contributed by atoms with van der Waals surface area (Å²) in [6, 6.07) is 17.4. The van der Waals surface area contributed by atoms with Crippen molar-refractivity contribution in [2.24, 2.45) is 5.92 Å². The van der Waals surface area contributed by atoms with Crippen LogP contribution in [0.5, 0.6) is 0 Å². The van der Waals surface area contributed by atoms with E-state index in [1.807, 2.05) is 6.07 Å². The third-order valence-corrected chi connectivity index (χ3v) is 9.57. The van der Waals surface area contributed by atoms with Crippen LogP contribution in [-0.4, -0.2) is 20.4 Å². The highest BCUT2D eigenvalue weighted by Gasteiger charge is 2.30. The summed E-state index contributed by atoms with van der Waals surface area (Å²) in [6.45, 7) is 5.34. The maximum atomic E-state index is 13.8. The number of amides is 1. The minimum Gasteiger partial charge on any atom is -0.351 e. The van der Waals surface area contributed by atoms with E-state index in [1.165, 1.54) is 65.6 Å². The Labute approximate surface area is 253 Å². The molecule has 6 rings (SSSR count). The summed E-state index contributed by atoms with van der Waals surface area (Å²) in [5.74, 6) is 0.0544. The standard InChI is InChI=1S/C36H42N4O3/c1-24-20-25(2)38-35-33(24)31-14-7-8-15-32(31)39(35)23-26-16-18-29(19-17-26)34(28-11-5-3-4-6-12-28)36(41)37-22-27-10-9-13-30(21-27)40(42)43/h9-10,13,16-21,28,34H,3-8,11-12,14-15,22-23H2,1-2H3,(H,37,41). The van der Waals surface area contributed by atoms with Crippen LogP contribution >= 0.6 is 0 Å². The fraction of sp³-hybridized carbons (Fsp3) is 0.444. The molecule has 2 heterocycles. The van der Waals surface area contributed by atoms with Gasteiger partial charge in [-0.25, -0.2) is 4.98 Å². The van der Waals surface area contributed by atoms with E-state index in [-0.39, 0.29) is 30.0 Å². The SMILES string of the molecule is Cc1cc(C)c2c3c(n(Cc4ccc(C(C(=O)NCc5cccc([N+](=O)[O-])c5)C5CCCCCC5)cc4)c2n1)CCCC3. The number of nitrogens with zero attached hydrogens (tertiary/aromatic N) is 3. The zero-order valence-corrected chi connectivity index (χ0v) is 25.4. The van der Waals surface area contributed by atoms with Gasteiger partial charge in [-0.2, -0.15) is 0 Å². The predicted molar refractivity (Wildman–Crippen MR) is 170 cm³/mol. The van der Waals surface area contributed by atoms with Crippen LogP contribution < -0.4 is 5.32 Å². The van der Waals surface area contributed by atoms with Gasteiger partial charge in [-0.05, 0) is 92.2 Å². The van der Waals surface area contributed by atoms with E-state index >= 15 is 0 Å². The van der Waals surface area contributed by atoms with Crippen LogP contribution in [0.2, 0.25) is 0 Å². The molecule has 2 aromatic carbocycles. The second-order valence-corrected chi connectivity index (χ2v) is 12.6. The highest BCUT2D eigenvalue weighted by Crippen LogP contribution is 2.37. The van der Waals surface area contributed by atoms with Crippen molar-refractivity contribution < 1.29 is 9.72 Å². The molecule has 1 fully saturated rings. The Kier molecular flexibility index (Phi) is 8.59. The lowest BCUT2D eigenvalue weighted by Gasteiger charge is -2.26. The van der Waals surface area contributed by atoms with Crippen molar-refractivity contribution in [2.45, 2.75) is 97.1 Å². The summed E-state index contributed by atoms with van der Waals surface area (Å²) < 4.78 is 2.44. The largest absolute Gasteiger partial charge is 0.351 e. The molecule has 0 aliphatic heterocycles. The number of aromatic nitrogens is 2. The topological polar surface area (TPSA) is 90.1 Å². The molecular weight excluding hydrogens is 536 g/mol. The summed E-state index contributed by atoms with van der Waals surface area (Å²) in [7, 11) is 0. The Bertz CT molecular complexity index is 1630. The van der Waals surface area contributed by atoms with E-state index < -0.39 is 4.92 Å². The Balaban J connectivity index is 1.26. The third kappa shape index (κ3) is 6.22. The summed E-state index contributed by atoms with van der Waals surface area (Å²) in [5.41, 5.74) is 9.43. The quantitative estimate of drug-likeness (QED) is 0.131. The molecule has 1 saturated carbocycles.